The summed E-state index contributed by atoms with van der Waals surface area (Å²) in [5, 5.41) is 23.3. The van der Waals surface area contributed by atoms with Gasteiger partial charge < -0.3 is 20.3 Å². The van der Waals surface area contributed by atoms with Crippen LogP contribution in [-0.2, 0) is 14.3 Å². The van der Waals surface area contributed by atoms with Gasteiger partial charge in [-0.15, -0.1) is 0 Å². The molecule has 6 nitrogen and oxygen atoms in total. The smallest absolute Gasteiger partial charge is 0.305 e. The first-order valence-corrected chi connectivity index (χ1v) is 28.1. The van der Waals surface area contributed by atoms with Gasteiger partial charge in [-0.3, -0.25) is 9.59 Å². The number of unbranched alkanes of at least 4 members (excludes halogenated alkanes) is 37. The Balaban J connectivity index is 3.52. The fourth-order valence-corrected chi connectivity index (χ4v) is 8.64. The maximum atomic E-state index is 12.5. The number of hydrogen-bond acceptors (Lipinski definition) is 5. The van der Waals surface area contributed by atoms with Crippen molar-refractivity contribution in [3.63, 3.8) is 0 Å². The first kappa shape index (κ1) is 61.3. The predicted octanol–water partition coefficient (Wildman–Crippen LogP) is 17.1. The fourth-order valence-electron chi connectivity index (χ4n) is 8.64. The molecular formula is C57H109NO5. The number of nitrogens with one attached hydrogen (secondary N) is 1. The zero-order valence-electron chi connectivity index (χ0n) is 42.3. The van der Waals surface area contributed by atoms with Crippen LogP contribution in [0.2, 0.25) is 0 Å². The van der Waals surface area contributed by atoms with Crippen molar-refractivity contribution >= 4 is 11.9 Å². The van der Waals surface area contributed by atoms with E-state index in [4.69, 9.17) is 4.74 Å². The van der Waals surface area contributed by atoms with Gasteiger partial charge >= 0.3 is 5.97 Å². The average molecular weight is 889 g/mol. The van der Waals surface area contributed by atoms with E-state index in [-0.39, 0.29) is 18.5 Å². The van der Waals surface area contributed by atoms with Gasteiger partial charge in [0.2, 0.25) is 5.91 Å². The number of rotatable bonds is 52. The highest BCUT2D eigenvalue weighted by atomic mass is 16.5. The summed E-state index contributed by atoms with van der Waals surface area (Å²) in [7, 11) is 0. The fraction of sp³-hybridized carbons (Fsp3) is 0.895. The Kier molecular flexibility index (Phi) is 51.6. The van der Waals surface area contributed by atoms with Gasteiger partial charge in [0.1, 0.15) is 0 Å². The Morgan fingerprint density at radius 1 is 0.429 bits per heavy atom. The van der Waals surface area contributed by atoms with Crippen LogP contribution in [-0.4, -0.2) is 47.4 Å². The SMILES string of the molecule is CCCCCCCC/C=C\CCCCCCCC(=O)OCCCCCC/C=C\CCCC(=O)NC(CO)C(O)CCCCCCCCCCCCCCCCCCCCCCCC. The van der Waals surface area contributed by atoms with Crippen LogP contribution < -0.4 is 5.32 Å². The minimum absolute atomic E-state index is 0.0428. The molecule has 372 valence electrons. The van der Waals surface area contributed by atoms with Gasteiger partial charge in [0.05, 0.1) is 25.4 Å². The number of ether oxygens (including phenoxy) is 1. The molecule has 0 bridgehead atoms. The van der Waals surface area contributed by atoms with Gasteiger partial charge in [0, 0.05) is 12.8 Å². The van der Waals surface area contributed by atoms with E-state index in [0.29, 0.717) is 25.9 Å². The Morgan fingerprint density at radius 3 is 1.16 bits per heavy atom. The van der Waals surface area contributed by atoms with Gasteiger partial charge in [0.15, 0.2) is 0 Å². The van der Waals surface area contributed by atoms with Gasteiger partial charge in [0.25, 0.3) is 0 Å². The molecule has 0 heterocycles. The Morgan fingerprint density at radius 2 is 0.762 bits per heavy atom. The molecule has 0 spiro atoms. The quantitative estimate of drug-likeness (QED) is 0.0321. The first-order valence-electron chi connectivity index (χ1n) is 28.1. The van der Waals surface area contributed by atoms with Gasteiger partial charge in [-0.1, -0.05) is 244 Å². The van der Waals surface area contributed by atoms with Crippen molar-refractivity contribution in [1.82, 2.24) is 5.32 Å². The third-order valence-electron chi connectivity index (χ3n) is 13.0. The van der Waals surface area contributed by atoms with Crippen molar-refractivity contribution in [2.45, 2.75) is 315 Å². The molecule has 3 N–H and O–H groups in total. The molecule has 0 saturated carbocycles. The van der Waals surface area contributed by atoms with Gasteiger partial charge in [-0.2, -0.15) is 0 Å². The molecule has 0 aromatic rings. The Labute approximate surface area is 392 Å². The number of hydrogen-bond donors (Lipinski definition) is 3. The van der Waals surface area contributed by atoms with E-state index in [2.05, 4.69) is 43.5 Å². The van der Waals surface area contributed by atoms with Crippen LogP contribution in [0, 0.1) is 0 Å². The highest BCUT2D eigenvalue weighted by Crippen LogP contribution is 2.17. The van der Waals surface area contributed by atoms with E-state index < -0.39 is 12.1 Å². The number of esters is 1. The Bertz CT molecular complexity index is 982. The first-order chi connectivity index (χ1) is 31.0. The molecule has 0 fully saturated rings. The summed E-state index contributed by atoms with van der Waals surface area (Å²) in [6, 6.07) is -0.580. The molecule has 6 heteroatoms. The summed E-state index contributed by atoms with van der Waals surface area (Å²) in [4.78, 5) is 24.5. The van der Waals surface area contributed by atoms with Crippen LogP contribution in [0.3, 0.4) is 0 Å². The second kappa shape index (κ2) is 53.0. The summed E-state index contributed by atoms with van der Waals surface area (Å²) in [6.45, 7) is 4.87. The Hall–Kier alpha value is -1.66. The van der Waals surface area contributed by atoms with Crippen LogP contribution in [0.25, 0.3) is 0 Å². The van der Waals surface area contributed by atoms with Crippen LogP contribution in [0.15, 0.2) is 24.3 Å². The predicted molar refractivity (Wildman–Crippen MR) is 273 cm³/mol. The lowest BCUT2D eigenvalue weighted by Gasteiger charge is -2.22. The maximum Gasteiger partial charge on any atom is 0.305 e. The number of aliphatic hydroxyl groups excluding tert-OH is 2. The monoisotopic (exact) mass is 888 g/mol. The molecule has 63 heavy (non-hydrogen) atoms. The van der Waals surface area contributed by atoms with E-state index in [1.54, 1.807) is 0 Å². The molecular weight excluding hydrogens is 779 g/mol. The van der Waals surface area contributed by atoms with E-state index in [9.17, 15) is 19.8 Å². The summed E-state index contributed by atoms with van der Waals surface area (Å²) in [6.07, 6.45) is 63.1. The topological polar surface area (TPSA) is 95.9 Å². The summed E-state index contributed by atoms with van der Waals surface area (Å²) < 4.78 is 5.44. The van der Waals surface area contributed by atoms with Crippen molar-refractivity contribution in [2.24, 2.45) is 0 Å². The van der Waals surface area contributed by atoms with Gasteiger partial charge in [-0.05, 0) is 70.6 Å². The van der Waals surface area contributed by atoms with E-state index >= 15 is 0 Å². The molecule has 0 aliphatic heterocycles. The standard InChI is InChI=1S/C57H109NO5/c1-3-5-7-9-11-13-15-17-19-20-21-22-23-24-25-27-28-30-33-37-41-45-49-55(60)54(53-59)58-56(61)50-46-42-38-34-32-36-40-44-48-52-63-57(62)51-47-43-39-35-31-29-26-18-16-14-12-10-8-6-4-2/h18,26,34,38,54-55,59-60H,3-17,19-25,27-33,35-37,39-53H2,1-2H3,(H,58,61)/b26-18-,38-34-. The van der Waals surface area contributed by atoms with Crippen molar-refractivity contribution in [2.75, 3.05) is 13.2 Å². The van der Waals surface area contributed by atoms with E-state index in [1.165, 1.54) is 199 Å². The number of amides is 1. The van der Waals surface area contributed by atoms with Crippen LogP contribution in [0.4, 0.5) is 0 Å². The molecule has 1 amide bonds. The third-order valence-corrected chi connectivity index (χ3v) is 13.0. The molecule has 2 atom stereocenters. The van der Waals surface area contributed by atoms with Crippen molar-refractivity contribution in [3.8, 4) is 0 Å². The minimum Gasteiger partial charge on any atom is -0.466 e. The van der Waals surface area contributed by atoms with Crippen LogP contribution in [0.1, 0.15) is 303 Å². The summed E-state index contributed by atoms with van der Waals surface area (Å²) in [5.74, 6) is -0.136. The highest BCUT2D eigenvalue weighted by Gasteiger charge is 2.20. The molecule has 0 rings (SSSR count). The summed E-state index contributed by atoms with van der Waals surface area (Å²) >= 11 is 0. The second-order valence-electron chi connectivity index (χ2n) is 19.3. The van der Waals surface area contributed by atoms with Crippen LogP contribution >= 0.6 is 0 Å². The largest absolute Gasteiger partial charge is 0.466 e. The number of carbonyl (C=O) groups is 2. The lowest BCUT2D eigenvalue weighted by Crippen LogP contribution is -2.45. The molecule has 0 aliphatic rings. The lowest BCUT2D eigenvalue weighted by molar-refractivity contribution is -0.143. The second-order valence-corrected chi connectivity index (χ2v) is 19.3. The average Bonchev–Trinajstić information content (AvgIpc) is 3.28. The number of allylic oxidation sites excluding steroid dienone is 4. The third kappa shape index (κ3) is 49.6. The zero-order valence-corrected chi connectivity index (χ0v) is 42.3. The zero-order chi connectivity index (χ0) is 45.8. The van der Waals surface area contributed by atoms with E-state index in [1.807, 2.05) is 0 Å². The maximum absolute atomic E-state index is 12.5. The van der Waals surface area contributed by atoms with Crippen molar-refractivity contribution in [3.05, 3.63) is 24.3 Å². The molecule has 0 radical (unpaired) electrons. The molecule has 0 aliphatic carbocycles. The van der Waals surface area contributed by atoms with Crippen LogP contribution in [0.5, 0.6) is 0 Å². The molecule has 0 aromatic carbocycles. The van der Waals surface area contributed by atoms with E-state index in [0.717, 1.165) is 70.6 Å². The normalized spacial score (nSPS) is 12.8. The van der Waals surface area contributed by atoms with Crippen molar-refractivity contribution in [1.29, 1.82) is 0 Å². The number of carbonyl (C=O) groups excluding carboxylic acids is 2. The number of aliphatic hydroxyl groups is 2. The van der Waals surface area contributed by atoms with Crippen molar-refractivity contribution < 1.29 is 24.5 Å². The minimum atomic E-state index is -0.696. The lowest BCUT2D eigenvalue weighted by atomic mass is 10.0. The molecule has 0 saturated heterocycles. The molecule has 2 unspecified atom stereocenters. The molecule has 0 aromatic heterocycles. The van der Waals surface area contributed by atoms with Gasteiger partial charge in [-0.25, -0.2) is 0 Å². The summed E-state index contributed by atoms with van der Waals surface area (Å²) in [5.41, 5.74) is 0. The highest BCUT2D eigenvalue weighted by molar-refractivity contribution is 5.76.